The number of pyridine rings is 1. The first-order valence-electron chi connectivity index (χ1n) is 4.16. The molecular weight excluding hydrogens is 162 g/mol. The summed E-state index contributed by atoms with van der Waals surface area (Å²) in [7, 11) is 0. The Morgan fingerprint density at radius 2 is 2.46 bits per heavy atom. The summed E-state index contributed by atoms with van der Waals surface area (Å²) in [6.45, 7) is 5.72. The lowest BCUT2D eigenvalue weighted by atomic mass is 10.2. The van der Waals surface area contributed by atoms with Crippen LogP contribution in [0.5, 0.6) is 0 Å². The standard InChI is InChI=1S/C11H13NO/c1-3-5-10(8-13)11-6-4-7-12-9(11)2/h3-7,13H,2,8H2,1H3/b5-3-,11-10+. The highest BCUT2D eigenvalue weighted by Gasteiger charge is 1.91. The maximum absolute atomic E-state index is 9.09. The summed E-state index contributed by atoms with van der Waals surface area (Å²) in [6, 6.07) is 3.74. The molecule has 0 atom stereocenters. The van der Waals surface area contributed by atoms with Crippen LogP contribution in [0.2, 0.25) is 0 Å². The second kappa shape index (κ2) is 4.58. The zero-order valence-corrected chi connectivity index (χ0v) is 7.70. The SMILES string of the molecule is C=c1nccc/c1=C(/C=C\C)CO. The first kappa shape index (κ1) is 9.68. The molecule has 1 aromatic rings. The van der Waals surface area contributed by atoms with Crippen LogP contribution >= 0.6 is 0 Å². The van der Waals surface area contributed by atoms with Crippen LogP contribution in [0.1, 0.15) is 6.92 Å². The molecule has 0 saturated carbocycles. The Morgan fingerprint density at radius 1 is 1.69 bits per heavy atom. The lowest BCUT2D eigenvalue weighted by Gasteiger charge is -1.96. The van der Waals surface area contributed by atoms with Crippen molar-refractivity contribution in [3.05, 3.63) is 41.0 Å². The molecule has 0 bridgehead atoms. The van der Waals surface area contributed by atoms with Crippen LogP contribution < -0.4 is 10.6 Å². The minimum absolute atomic E-state index is 0.0125. The van der Waals surface area contributed by atoms with Crippen molar-refractivity contribution in [2.75, 3.05) is 6.61 Å². The molecule has 0 spiro atoms. The van der Waals surface area contributed by atoms with Gasteiger partial charge in [0.2, 0.25) is 0 Å². The van der Waals surface area contributed by atoms with Gasteiger partial charge in [0, 0.05) is 11.4 Å². The summed E-state index contributed by atoms with van der Waals surface area (Å²) in [6.07, 6.45) is 5.44. The number of allylic oxidation sites excluding steroid dienone is 1. The van der Waals surface area contributed by atoms with Gasteiger partial charge in [0.15, 0.2) is 0 Å². The largest absolute Gasteiger partial charge is 0.392 e. The predicted molar refractivity (Wildman–Crippen MR) is 54.3 cm³/mol. The van der Waals surface area contributed by atoms with E-state index in [4.69, 9.17) is 5.11 Å². The quantitative estimate of drug-likeness (QED) is 0.697. The van der Waals surface area contributed by atoms with E-state index in [-0.39, 0.29) is 6.61 Å². The van der Waals surface area contributed by atoms with Crippen LogP contribution in [-0.2, 0) is 0 Å². The number of nitrogens with zero attached hydrogens (tertiary/aromatic N) is 1. The molecule has 1 heterocycles. The molecule has 0 aliphatic heterocycles. The molecule has 0 aromatic carbocycles. The number of rotatable bonds is 2. The molecule has 0 radical (unpaired) electrons. The van der Waals surface area contributed by atoms with Gasteiger partial charge in [-0.15, -0.1) is 0 Å². The summed E-state index contributed by atoms with van der Waals surface area (Å²) in [5.41, 5.74) is 0.848. The number of aromatic nitrogens is 1. The molecule has 0 aliphatic rings. The zero-order chi connectivity index (χ0) is 9.68. The van der Waals surface area contributed by atoms with Gasteiger partial charge in [-0.2, -0.15) is 0 Å². The van der Waals surface area contributed by atoms with Crippen LogP contribution in [-0.4, -0.2) is 16.7 Å². The van der Waals surface area contributed by atoms with Crippen LogP contribution in [0.3, 0.4) is 0 Å². The number of hydrogen-bond acceptors (Lipinski definition) is 2. The van der Waals surface area contributed by atoms with Crippen molar-refractivity contribution >= 4 is 12.2 Å². The predicted octanol–water partition coefficient (Wildman–Crippen LogP) is 0.211. The third-order valence-electron chi connectivity index (χ3n) is 1.77. The fourth-order valence-electron chi connectivity index (χ4n) is 1.16. The molecule has 0 saturated heterocycles. The Bertz CT molecular complexity index is 406. The average molecular weight is 175 g/mol. The molecule has 68 valence electrons. The van der Waals surface area contributed by atoms with Gasteiger partial charge in [-0.05, 0) is 18.6 Å². The summed E-state index contributed by atoms with van der Waals surface area (Å²) < 4.78 is 0. The third-order valence-corrected chi connectivity index (χ3v) is 1.77. The summed E-state index contributed by atoms with van der Waals surface area (Å²) in [5, 5.41) is 10.7. The van der Waals surface area contributed by atoms with E-state index in [1.54, 1.807) is 6.20 Å². The second-order valence-electron chi connectivity index (χ2n) is 2.68. The van der Waals surface area contributed by atoms with Crippen molar-refractivity contribution in [2.45, 2.75) is 6.92 Å². The fraction of sp³-hybridized carbons (Fsp3) is 0.182. The Morgan fingerprint density at radius 3 is 3.00 bits per heavy atom. The molecule has 13 heavy (non-hydrogen) atoms. The van der Waals surface area contributed by atoms with E-state index in [2.05, 4.69) is 11.6 Å². The highest BCUT2D eigenvalue weighted by atomic mass is 16.3. The van der Waals surface area contributed by atoms with E-state index in [0.29, 0.717) is 5.35 Å². The van der Waals surface area contributed by atoms with Crippen LogP contribution in [0.15, 0.2) is 30.5 Å². The first-order valence-corrected chi connectivity index (χ1v) is 4.16. The van der Waals surface area contributed by atoms with Crippen molar-refractivity contribution in [1.29, 1.82) is 0 Å². The van der Waals surface area contributed by atoms with Crippen LogP contribution in [0.25, 0.3) is 12.2 Å². The van der Waals surface area contributed by atoms with Crippen molar-refractivity contribution in [2.24, 2.45) is 0 Å². The lowest BCUT2D eigenvalue weighted by Crippen LogP contribution is -2.28. The molecule has 0 aliphatic carbocycles. The maximum atomic E-state index is 9.09. The van der Waals surface area contributed by atoms with E-state index in [9.17, 15) is 0 Å². The van der Waals surface area contributed by atoms with Gasteiger partial charge in [-0.25, -0.2) is 0 Å². The van der Waals surface area contributed by atoms with Gasteiger partial charge in [0.05, 0.1) is 12.0 Å². The Hall–Kier alpha value is -1.41. The third kappa shape index (κ3) is 2.26. The molecule has 0 fully saturated rings. The zero-order valence-electron chi connectivity index (χ0n) is 7.70. The molecule has 0 unspecified atom stereocenters. The minimum Gasteiger partial charge on any atom is -0.392 e. The number of aliphatic hydroxyl groups is 1. The molecule has 1 aromatic heterocycles. The summed E-state index contributed by atoms with van der Waals surface area (Å²) >= 11 is 0. The summed E-state index contributed by atoms with van der Waals surface area (Å²) in [4.78, 5) is 4.05. The second-order valence-corrected chi connectivity index (χ2v) is 2.68. The lowest BCUT2D eigenvalue weighted by molar-refractivity contribution is 0.350. The van der Waals surface area contributed by atoms with E-state index in [1.807, 2.05) is 31.2 Å². The van der Waals surface area contributed by atoms with Crippen molar-refractivity contribution in [1.82, 2.24) is 4.98 Å². The minimum atomic E-state index is 0.0125. The van der Waals surface area contributed by atoms with E-state index in [0.717, 1.165) is 10.8 Å². The highest BCUT2D eigenvalue weighted by Crippen LogP contribution is 1.91. The molecular formula is C11H13NO. The Balaban J connectivity index is 3.46. The monoisotopic (exact) mass is 175 g/mol. The van der Waals surface area contributed by atoms with E-state index >= 15 is 0 Å². The normalized spacial score (nSPS) is 13.4. The maximum Gasteiger partial charge on any atom is 0.0688 e. The first-order chi connectivity index (χ1) is 6.29. The van der Waals surface area contributed by atoms with Gasteiger partial charge in [0.1, 0.15) is 0 Å². The Kier molecular flexibility index (Phi) is 3.41. The van der Waals surface area contributed by atoms with Crippen molar-refractivity contribution in [3.8, 4) is 0 Å². The number of aliphatic hydroxyl groups excluding tert-OH is 1. The van der Waals surface area contributed by atoms with Gasteiger partial charge in [0.25, 0.3) is 0 Å². The molecule has 1 rings (SSSR count). The average Bonchev–Trinajstić information content (AvgIpc) is 2.16. The van der Waals surface area contributed by atoms with Crippen molar-refractivity contribution < 1.29 is 5.11 Å². The van der Waals surface area contributed by atoms with E-state index in [1.165, 1.54) is 0 Å². The van der Waals surface area contributed by atoms with Crippen LogP contribution in [0, 0.1) is 0 Å². The highest BCUT2D eigenvalue weighted by molar-refractivity contribution is 5.56. The molecule has 1 N–H and O–H groups in total. The smallest absolute Gasteiger partial charge is 0.0688 e. The van der Waals surface area contributed by atoms with Crippen molar-refractivity contribution in [3.63, 3.8) is 0 Å². The molecule has 2 nitrogen and oxygen atoms in total. The van der Waals surface area contributed by atoms with Gasteiger partial charge >= 0.3 is 0 Å². The van der Waals surface area contributed by atoms with Gasteiger partial charge < -0.3 is 5.11 Å². The van der Waals surface area contributed by atoms with Gasteiger partial charge in [-0.1, -0.05) is 24.8 Å². The molecule has 0 amide bonds. The Labute approximate surface area is 77.6 Å². The topological polar surface area (TPSA) is 33.1 Å². The molecule has 2 heteroatoms. The summed E-state index contributed by atoms with van der Waals surface area (Å²) in [5.74, 6) is 0. The van der Waals surface area contributed by atoms with Gasteiger partial charge in [-0.3, -0.25) is 4.98 Å². The van der Waals surface area contributed by atoms with E-state index < -0.39 is 0 Å². The fourth-order valence-corrected chi connectivity index (χ4v) is 1.16. The van der Waals surface area contributed by atoms with Crippen LogP contribution in [0.4, 0.5) is 0 Å². The number of hydrogen-bond donors (Lipinski definition) is 1.